The van der Waals surface area contributed by atoms with Crippen molar-refractivity contribution in [3.63, 3.8) is 0 Å². The molecule has 1 saturated carbocycles. The molecule has 4 nitrogen and oxygen atoms in total. The van der Waals surface area contributed by atoms with E-state index in [9.17, 15) is 4.79 Å². The second-order valence-electron chi connectivity index (χ2n) is 5.85. The minimum Gasteiger partial charge on any atom is -0.342 e. The number of imidazole rings is 1. The third-order valence-corrected chi connectivity index (χ3v) is 5.20. The molecule has 110 valence electrons. The first-order valence-corrected chi connectivity index (χ1v) is 8.62. The summed E-state index contributed by atoms with van der Waals surface area (Å²) in [7, 11) is 0. The summed E-state index contributed by atoms with van der Waals surface area (Å²) < 4.78 is 2.23. The quantitative estimate of drug-likeness (QED) is 0.801. The number of hydrogen-bond donors (Lipinski definition) is 0. The van der Waals surface area contributed by atoms with Crippen LogP contribution in [-0.2, 0) is 4.79 Å². The molecule has 0 unspecified atom stereocenters. The number of carbonyl (C=O) groups excluding carboxylic acids is 1. The van der Waals surface area contributed by atoms with Gasteiger partial charge in [0.15, 0.2) is 5.16 Å². The van der Waals surface area contributed by atoms with Crippen LogP contribution in [0.15, 0.2) is 17.6 Å². The minimum absolute atomic E-state index is 0.0343. The van der Waals surface area contributed by atoms with Gasteiger partial charge in [-0.25, -0.2) is 4.98 Å². The van der Waals surface area contributed by atoms with Crippen LogP contribution in [-0.4, -0.2) is 38.7 Å². The van der Waals surface area contributed by atoms with E-state index < -0.39 is 0 Å². The van der Waals surface area contributed by atoms with Crippen LogP contribution in [0.25, 0.3) is 0 Å². The van der Waals surface area contributed by atoms with Gasteiger partial charge in [0, 0.05) is 31.5 Å². The lowest BCUT2D eigenvalue weighted by Gasteiger charge is -2.23. The van der Waals surface area contributed by atoms with E-state index in [-0.39, 0.29) is 11.2 Å². The van der Waals surface area contributed by atoms with Crippen LogP contribution >= 0.6 is 11.8 Å². The minimum atomic E-state index is -0.0343. The topological polar surface area (TPSA) is 38.1 Å². The summed E-state index contributed by atoms with van der Waals surface area (Å²) >= 11 is 1.61. The van der Waals surface area contributed by atoms with Crippen molar-refractivity contribution in [1.82, 2.24) is 14.5 Å². The van der Waals surface area contributed by atoms with E-state index in [4.69, 9.17) is 0 Å². The van der Waals surface area contributed by atoms with Crippen molar-refractivity contribution in [2.24, 2.45) is 0 Å². The molecular weight excluding hydrogens is 270 g/mol. The lowest BCUT2D eigenvalue weighted by molar-refractivity contribution is -0.130. The van der Waals surface area contributed by atoms with E-state index in [1.165, 1.54) is 25.7 Å². The largest absolute Gasteiger partial charge is 0.342 e. The number of carbonyl (C=O) groups is 1. The number of nitrogens with zero attached hydrogens (tertiary/aromatic N) is 3. The summed E-state index contributed by atoms with van der Waals surface area (Å²) in [6.45, 7) is 3.88. The van der Waals surface area contributed by atoms with E-state index in [2.05, 4.69) is 14.5 Å². The van der Waals surface area contributed by atoms with Crippen LogP contribution in [0.3, 0.4) is 0 Å². The van der Waals surface area contributed by atoms with E-state index in [0.717, 1.165) is 31.1 Å². The van der Waals surface area contributed by atoms with Crippen molar-refractivity contribution in [1.29, 1.82) is 0 Å². The third kappa shape index (κ3) is 3.19. The molecule has 2 fully saturated rings. The van der Waals surface area contributed by atoms with Crippen LogP contribution < -0.4 is 0 Å². The number of hydrogen-bond acceptors (Lipinski definition) is 3. The van der Waals surface area contributed by atoms with Crippen molar-refractivity contribution >= 4 is 17.7 Å². The zero-order chi connectivity index (χ0) is 13.9. The van der Waals surface area contributed by atoms with Crippen molar-refractivity contribution < 1.29 is 4.79 Å². The van der Waals surface area contributed by atoms with Gasteiger partial charge >= 0.3 is 0 Å². The Kier molecular flexibility index (Phi) is 4.34. The molecule has 0 radical (unpaired) electrons. The Morgan fingerprint density at radius 3 is 2.65 bits per heavy atom. The van der Waals surface area contributed by atoms with Crippen LogP contribution in [0, 0.1) is 0 Å². The van der Waals surface area contributed by atoms with Crippen LogP contribution in [0.2, 0.25) is 0 Å². The summed E-state index contributed by atoms with van der Waals surface area (Å²) in [5, 5.41) is 0.969. The molecule has 1 aliphatic heterocycles. The Labute approximate surface area is 124 Å². The number of likely N-dealkylation sites (tertiary alicyclic amines) is 1. The maximum absolute atomic E-state index is 12.5. The average molecular weight is 293 g/mol. The zero-order valence-electron chi connectivity index (χ0n) is 12.1. The number of thioether (sulfide) groups is 1. The molecular formula is C15H23N3OS. The molecule has 20 heavy (non-hydrogen) atoms. The molecule has 0 N–H and O–H groups in total. The summed E-state index contributed by atoms with van der Waals surface area (Å²) in [5.74, 6) is 0.280. The molecule has 3 rings (SSSR count). The molecule has 1 aromatic heterocycles. The van der Waals surface area contributed by atoms with Gasteiger partial charge in [-0.15, -0.1) is 0 Å². The summed E-state index contributed by atoms with van der Waals surface area (Å²) in [5.41, 5.74) is 0. The van der Waals surface area contributed by atoms with Crippen molar-refractivity contribution in [3.8, 4) is 0 Å². The lowest BCUT2D eigenvalue weighted by Crippen LogP contribution is -2.37. The second-order valence-corrected chi connectivity index (χ2v) is 7.16. The lowest BCUT2D eigenvalue weighted by atomic mass is 10.2. The third-order valence-electron chi connectivity index (χ3n) is 4.12. The van der Waals surface area contributed by atoms with E-state index in [0.29, 0.717) is 6.04 Å². The van der Waals surface area contributed by atoms with Gasteiger partial charge in [-0.1, -0.05) is 24.6 Å². The fourth-order valence-corrected chi connectivity index (χ4v) is 3.80. The first-order chi connectivity index (χ1) is 9.75. The Morgan fingerprint density at radius 2 is 2.00 bits per heavy atom. The molecule has 2 heterocycles. The van der Waals surface area contributed by atoms with Crippen LogP contribution in [0.1, 0.15) is 51.5 Å². The average Bonchev–Trinajstić information content (AvgIpc) is 3.24. The predicted molar refractivity (Wildman–Crippen MR) is 80.9 cm³/mol. The van der Waals surface area contributed by atoms with Gasteiger partial charge in [0.2, 0.25) is 5.91 Å². The standard InChI is InChI=1S/C15H23N3OS/c1-12(14(19)17-9-4-2-3-5-10-17)20-15-16-8-11-18(15)13-6-7-13/h8,11-13H,2-7,9-10H2,1H3/t12-/m0/s1. The molecule has 1 atom stereocenters. The van der Waals surface area contributed by atoms with Gasteiger partial charge in [0.25, 0.3) is 0 Å². The molecule has 1 aromatic rings. The highest BCUT2D eigenvalue weighted by Gasteiger charge is 2.28. The predicted octanol–water partition coefficient (Wildman–Crippen LogP) is 3.10. The number of aromatic nitrogens is 2. The van der Waals surface area contributed by atoms with Crippen LogP contribution in [0.5, 0.6) is 0 Å². The second kappa shape index (κ2) is 6.20. The maximum atomic E-state index is 12.5. The Balaban J connectivity index is 1.61. The fourth-order valence-electron chi connectivity index (χ4n) is 2.78. The molecule has 0 bridgehead atoms. The molecule has 2 aliphatic rings. The maximum Gasteiger partial charge on any atom is 0.235 e. The van der Waals surface area contributed by atoms with Crippen LogP contribution in [0.4, 0.5) is 0 Å². The fraction of sp³-hybridized carbons (Fsp3) is 0.733. The molecule has 1 aliphatic carbocycles. The van der Waals surface area contributed by atoms with Gasteiger partial charge in [-0.2, -0.15) is 0 Å². The summed E-state index contributed by atoms with van der Waals surface area (Å²) in [6, 6.07) is 0.625. The SMILES string of the molecule is C[C@H](Sc1nccn1C1CC1)C(=O)N1CCCCCC1. The highest BCUT2D eigenvalue weighted by molar-refractivity contribution is 8.00. The Hall–Kier alpha value is -0.970. The van der Waals surface area contributed by atoms with Gasteiger partial charge in [0.05, 0.1) is 5.25 Å². The Bertz CT molecular complexity index is 461. The van der Waals surface area contributed by atoms with E-state index in [1.807, 2.05) is 19.3 Å². The Morgan fingerprint density at radius 1 is 1.30 bits per heavy atom. The zero-order valence-corrected chi connectivity index (χ0v) is 12.9. The number of rotatable bonds is 4. The first kappa shape index (κ1) is 14.0. The molecule has 1 saturated heterocycles. The molecule has 0 aromatic carbocycles. The van der Waals surface area contributed by atoms with Crippen molar-refractivity contribution in [3.05, 3.63) is 12.4 Å². The normalized spacial score (nSPS) is 21.6. The van der Waals surface area contributed by atoms with Crippen molar-refractivity contribution in [2.75, 3.05) is 13.1 Å². The molecule has 0 spiro atoms. The van der Waals surface area contributed by atoms with Gasteiger partial charge in [0.1, 0.15) is 0 Å². The smallest absolute Gasteiger partial charge is 0.235 e. The summed E-state index contributed by atoms with van der Waals surface area (Å²) in [6.07, 6.45) is 11.2. The van der Waals surface area contributed by atoms with Crippen molar-refractivity contribution in [2.45, 2.75) is 61.9 Å². The van der Waals surface area contributed by atoms with Gasteiger partial charge < -0.3 is 9.47 Å². The highest BCUT2D eigenvalue weighted by atomic mass is 32.2. The van der Waals surface area contributed by atoms with E-state index in [1.54, 1.807) is 11.8 Å². The first-order valence-electron chi connectivity index (χ1n) is 7.74. The molecule has 5 heteroatoms. The summed E-state index contributed by atoms with van der Waals surface area (Å²) in [4.78, 5) is 19.0. The molecule has 1 amide bonds. The van der Waals surface area contributed by atoms with E-state index >= 15 is 0 Å². The van der Waals surface area contributed by atoms with Gasteiger partial charge in [-0.3, -0.25) is 4.79 Å². The van der Waals surface area contributed by atoms with Gasteiger partial charge in [-0.05, 0) is 32.6 Å². The highest BCUT2D eigenvalue weighted by Crippen LogP contribution is 2.38. The number of amides is 1. The monoisotopic (exact) mass is 293 g/mol.